The molecule has 2 amide bonds. The number of nitrogens with two attached hydrogens (primary N) is 1. The van der Waals surface area contributed by atoms with E-state index in [4.69, 9.17) is 28.9 Å². The Morgan fingerprint density at radius 3 is 2.59 bits per heavy atom. The van der Waals surface area contributed by atoms with E-state index in [9.17, 15) is 9.59 Å². The second kappa shape index (κ2) is 5.84. The Kier molecular flexibility index (Phi) is 4.19. The molecular formula is C16H19Cl2N2O2+. The summed E-state index contributed by atoms with van der Waals surface area (Å²) in [5, 5.41) is 0.928. The van der Waals surface area contributed by atoms with Crippen LogP contribution in [0.2, 0.25) is 10.0 Å². The maximum absolute atomic E-state index is 12.7. The number of halogens is 2. The van der Waals surface area contributed by atoms with Gasteiger partial charge in [-0.1, -0.05) is 35.3 Å². The molecule has 3 rings (SSSR count). The predicted molar refractivity (Wildman–Crippen MR) is 85.3 cm³/mol. The van der Waals surface area contributed by atoms with Gasteiger partial charge in [0.05, 0.1) is 22.5 Å². The molecule has 2 N–H and O–H groups in total. The van der Waals surface area contributed by atoms with Gasteiger partial charge in [-0.3, -0.25) is 4.79 Å². The SMILES string of the molecule is NC(=O)[C@@H]1CCC(=O)[N+]1(Cc1cccc(Cl)c1Cl)C1CCC1. The van der Waals surface area contributed by atoms with Gasteiger partial charge in [0.25, 0.3) is 5.91 Å². The van der Waals surface area contributed by atoms with Crippen molar-refractivity contribution in [3.63, 3.8) is 0 Å². The van der Waals surface area contributed by atoms with Gasteiger partial charge in [0.1, 0.15) is 6.54 Å². The van der Waals surface area contributed by atoms with Crippen LogP contribution in [0.3, 0.4) is 0 Å². The van der Waals surface area contributed by atoms with E-state index >= 15 is 0 Å². The number of quaternary nitrogens is 1. The van der Waals surface area contributed by atoms with Gasteiger partial charge >= 0.3 is 5.91 Å². The summed E-state index contributed by atoms with van der Waals surface area (Å²) < 4.78 is 0.134. The van der Waals surface area contributed by atoms with Crippen LogP contribution < -0.4 is 5.73 Å². The van der Waals surface area contributed by atoms with Crippen LogP contribution in [0, 0.1) is 0 Å². The topological polar surface area (TPSA) is 60.2 Å². The summed E-state index contributed by atoms with van der Waals surface area (Å²) in [7, 11) is 0. The van der Waals surface area contributed by atoms with Crippen molar-refractivity contribution in [2.75, 3.05) is 0 Å². The van der Waals surface area contributed by atoms with Gasteiger partial charge in [-0.05, 0) is 12.5 Å². The fraction of sp³-hybridized carbons (Fsp3) is 0.500. The first kappa shape index (κ1) is 15.8. The third-order valence-electron chi connectivity index (χ3n) is 5.17. The largest absolute Gasteiger partial charge is 0.364 e. The number of carbonyl (C=O) groups is 2. The number of benzene rings is 1. The molecule has 2 fully saturated rings. The van der Waals surface area contributed by atoms with Gasteiger partial charge in [-0.2, -0.15) is 0 Å². The van der Waals surface area contributed by atoms with Gasteiger partial charge in [0, 0.05) is 24.8 Å². The molecular weight excluding hydrogens is 323 g/mol. The first-order chi connectivity index (χ1) is 10.5. The minimum Gasteiger partial charge on any atom is -0.364 e. The molecule has 118 valence electrons. The summed E-state index contributed by atoms with van der Waals surface area (Å²) in [6.45, 7) is 0.399. The molecule has 1 aromatic carbocycles. The first-order valence-electron chi connectivity index (χ1n) is 7.60. The Morgan fingerprint density at radius 2 is 2.00 bits per heavy atom. The zero-order valence-electron chi connectivity index (χ0n) is 12.2. The lowest BCUT2D eigenvalue weighted by Gasteiger charge is -2.46. The molecule has 1 heterocycles. The molecule has 1 aliphatic carbocycles. The number of likely N-dealkylation sites (tertiary alicyclic amines) is 1. The minimum absolute atomic E-state index is 0.101. The van der Waals surface area contributed by atoms with Crippen molar-refractivity contribution in [3.8, 4) is 0 Å². The van der Waals surface area contributed by atoms with E-state index in [-0.39, 0.29) is 16.4 Å². The normalized spacial score (nSPS) is 28.6. The van der Waals surface area contributed by atoms with Crippen LogP contribution in [0.15, 0.2) is 18.2 Å². The Bertz CT molecular complexity index is 631. The predicted octanol–water partition coefficient (Wildman–Crippen LogP) is 3.04. The highest BCUT2D eigenvalue weighted by molar-refractivity contribution is 6.42. The number of carbonyl (C=O) groups excluding carboxylic acids is 2. The zero-order chi connectivity index (χ0) is 15.9. The lowest BCUT2D eigenvalue weighted by atomic mass is 9.87. The van der Waals surface area contributed by atoms with Crippen LogP contribution in [0.1, 0.15) is 37.7 Å². The van der Waals surface area contributed by atoms with Crippen LogP contribution >= 0.6 is 23.2 Å². The second-order valence-electron chi connectivity index (χ2n) is 6.24. The molecule has 0 bridgehead atoms. The average molecular weight is 342 g/mol. The molecule has 0 spiro atoms. The number of amides is 2. The number of hydrogen-bond acceptors (Lipinski definition) is 2. The zero-order valence-corrected chi connectivity index (χ0v) is 13.7. The summed E-state index contributed by atoms with van der Waals surface area (Å²) in [6, 6.07) is 5.13. The number of hydrogen-bond donors (Lipinski definition) is 1. The van der Waals surface area contributed by atoms with E-state index in [1.54, 1.807) is 6.07 Å². The van der Waals surface area contributed by atoms with Gasteiger partial charge in [-0.15, -0.1) is 0 Å². The van der Waals surface area contributed by atoms with Gasteiger partial charge in [0.15, 0.2) is 6.04 Å². The van der Waals surface area contributed by atoms with Crippen molar-refractivity contribution >= 4 is 35.0 Å². The van der Waals surface area contributed by atoms with Crippen LogP contribution in [-0.2, 0) is 16.1 Å². The highest BCUT2D eigenvalue weighted by Gasteiger charge is 2.58. The Balaban J connectivity index is 2.04. The lowest BCUT2D eigenvalue weighted by molar-refractivity contribution is -0.905. The van der Waals surface area contributed by atoms with Crippen LogP contribution in [0.25, 0.3) is 0 Å². The van der Waals surface area contributed by atoms with Crippen LogP contribution in [-0.4, -0.2) is 28.4 Å². The van der Waals surface area contributed by atoms with E-state index in [1.165, 1.54) is 0 Å². The number of primary amides is 1. The Labute approximate surface area is 139 Å². The molecule has 1 unspecified atom stereocenters. The number of nitrogens with zero attached hydrogens (tertiary/aromatic N) is 1. The molecule has 0 radical (unpaired) electrons. The Morgan fingerprint density at radius 1 is 1.27 bits per heavy atom. The van der Waals surface area contributed by atoms with E-state index < -0.39 is 11.9 Å². The summed E-state index contributed by atoms with van der Waals surface area (Å²) in [5.74, 6) is -0.291. The quantitative estimate of drug-likeness (QED) is 0.855. The molecule has 22 heavy (non-hydrogen) atoms. The van der Waals surface area contributed by atoms with Crippen molar-refractivity contribution < 1.29 is 14.1 Å². The summed E-state index contributed by atoms with van der Waals surface area (Å²) in [5.41, 5.74) is 6.42. The van der Waals surface area contributed by atoms with Crippen molar-refractivity contribution in [2.24, 2.45) is 5.73 Å². The molecule has 1 aliphatic heterocycles. The van der Waals surface area contributed by atoms with E-state index in [1.807, 2.05) is 12.1 Å². The van der Waals surface area contributed by atoms with Crippen molar-refractivity contribution in [2.45, 2.75) is 50.7 Å². The van der Waals surface area contributed by atoms with E-state index in [0.717, 1.165) is 24.8 Å². The van der Waals surface area contributed by atoms with E-state index in [0.29, 0.717) is 29.4 Å². The van der Waals surface area contributed by atoms with E-state index in [2.05, 4.69) is 0 Å². The average Bonchev–Trinajstić information content (AvgIpc) is 2.71. The maximum Gasteiger partial charge on any atom is 0.315 e. The third-order valence-corrected chi connectivity index (χ3v) is 6.03. The summed E-state index contributed by atoms with van der Waals surface area (Å²) in [4.78, 5) is 24.7. The van der Waals surface area contributed by atoms with Gasteiger partial charge in [0.2, 0.25) is 0 Å². The standard InChI is InChI=1S/C16H18Cl2N2O2/c17-12-6-1-3-10(15(12)18)9-20(11-4-2-5-11)13(16(19)22)7-8-14(20)21/h1,3,6,11,13H,2,4-5,7-9H2,(H-,19,22)/p+1/t13-,20?/m0/s1. The van der Waals surface area contributed by atoms with Crippen LogP contribution in [0.5, 0.6) is 0 Å². The molecule has 2 aliphatic rings. The minimum atomic E-state index is -0.451. The van der Waals surface area contributed by atoms with Crippen molar-refractivity contribution in [1.29, 1.82) is 0 Å². The van der Waals surface area contributed by atoms with Crippen molar-refractivity contribution in [1.82, 2.24) is 0 Å². The van der Waals surface area contributed by atoms with Gasteiger partial charge < -0.3 is 5.73 Å². The molecule has 1 aromatic rings. The first-order valence-corrected chi connectivity index (χ1v) is 8.35. The number of rotatable bonds is 4. The highest BCUT2D eigenvalue weighted by Crippen LogP contribution is 2.43. The van der Waals surface area contributed by atoms with Crippen LogP contribution in [0.4, 0.5) is 0 Å². The lowest BCUT2D eigenvalue weighted by Crippen LogP contribution is -2.65. The third kappa shape index (κ3) is 2.34. The molecule has 1 saturated carbocycles. The molecule has 6 heteroatoms. The summed E-state index contributed by atoms with van der Waals surface area (Å²) >= 11 is 12.4. The fourth-order valence-corrected chi connectivity index (χ4v) is 4.21. The second-order valence-corrected chi connectivity index (χ2v) is 7.02. The molecule has 2 atom stereocenters. The smallest absolute Gasteiger partial charge is 0.315 e. The highest BCUT2D eigenvalue weighted by atomic mass is 35.5. The molecule has 4 nitrogen and oxygen atoms in total. The maximum atomic E-state index is 12.7. The van der Waals surface area contributed by atoms with Gasteiger partial charge in [-0.25, -0.2) is 9.28 Å². The monoisotopic (exact) mass is 341 g/mol. The summed E-state index contributed by atoms with van der Waals surface area (Å²) in [6.07, 6.45) is 3.93. The molecule has 0 aromatic heterocycles. The van der Waals surface area contributed by atoms with Crippen molar-refractivity contribution in [3.05, 3.63) is 33.8 Å². The Hall–Kier alpha value is -1.10. The fourth-order valence-electron chi connectivity index (χ4n) is 3.83. The molecule has 1 saturated heterocycles.